The molecule has 8 heteroatoms. The smallest absolute Gasteiger partial charge is 0.252 e. The topological polar surface area (TPSA) is 80.1 Å². The first kappa shape index (κ1) is 18.6. The number of thiophene rings is 1. The van der Waals surface area contributed by atoms with Gasteiger partial charge in [-0.3, -0.25) is 9.59 Å². The number of hydrogen-bond donors (Lipinski definition) is 1. The second kappa shape index (κ2) is 7.71. The van der Waals surface area contributed by atoms with Crippen molar-refractivity contribution in [3.63, 3.8) is 0 Å². The van der Waals surface area contributed by atoms with E-state index in [1.54, 1.807) is 28.5 Å². The van der Waals surface area contributed by atoms with Gasteiger partial charge in [-0.15, -0.1) is 11.3 Å². The van der Waals surface area contributed by atoms with Gasteiger partial charge in [-0.05, 0) is 44.2 Å². The van der Waals surface area contributed by atoms with Crippen LogP contribution in [0.25, 0.3) is 21.6 Å². The number of nitrogens with one attached hydrogen (secondary N) is 1. The highest BCUT2D eigenvalue weighted by molar-refractivity contribution is 7.13. The summed E-state index contributed by atoms with van der Waals surface area (Å²) >= 11 is 1.57. The molecule has 3 aromatic rings. The first-order valence-electron chi connectivity index (χ1n) is 9.52. The predicted molar refractivity (Wildman–Crippen MR) is 109 cm³/mol. The Labute approximate surface area is 167 Å². The Bertz CT molecular complexity index is 1000. The molecular weight excluding hydrogens is 374 g/mol. The summed E-state index contributed by atoms with van der Waals surface area (Å²) in [6.45, 7) is 5.62. The van der Waals surface area contributed by atoms with Crippen LogP contribution in [-0.2, 0) is 4.79 Å². The molecule has 0 aliphatic carbocycles. The number of carbonyl (C=O) groups is 2. The van der Waals surface area contributed by atoms with E-state index in [2.05, 4.69) is 10.4 Å². The average molecular weight is 398 g/mol. The van der Waals surface area contributed by atoms with Gasteiger partial charge in [-0.1, -0.05) is 6.07 Å². The lowest BCUT2D eigenvalue weighted by atomic mass is 10.1. The van der Waals surface area contributed by atoms with Crippen molar-refractivity contribution in [3.05, 3.63) is 35.3 Å². The fourth-order valence-electron chi connectivity index (χ4n) is 3.46. The summed E-state index contributed by atoms with van der Waals surface area (Å²) in [4.78, 5) is 32.8. The molecule has 0 unspecified atom stereocenters. The van der Waals surface area contributed by atoms with Crippen molar-refractivity contribution in [1.82, 2.24) is 25.0 Å². The normalized spacial score (nSPS) is 14.2. The van der Waals surface area contributed by atoms with Gasteiger partial charge in [-0.2, -0.15) is 5.10 Å². The Morgan fingerprint density at radius 1 is 1.29 bits per heavy atom. The first-order valence-corrected chi connectivity index (χ1v) is 10.4. The molecule has 0 spiro atoms. The molecule has 1 saturated heterocycles. The minimum absolute atomic E-state index is 0.00923. The lowest BCUT2D eigenvalue weighted by Gasteiger charge is -2.15. The third kappa shape index (κ3) is 3.52. The van der Waals surface area contributed by atoms with E-state index in [0.29, 0.717) is 16.6 Å². The zero-order chi connectivity index (χ0) is 19.7. The van der Waals surface area contributed by atoms with Crippen molar-refractivity contribution in [1.29, 1.82) is 0 Å². The first-order chi connectivity index (χ1) is 13.5. The molecule has 1 aliphatic rings. The molecule has 0 bridgehead atoms. The Balaban J connectivity index is 1.66. The van der Waals surface area contributed by atoms with Crippen LogP contribution in [0.2, 0.25) is 0 Å². The molecule has 1 aliphatic heterocycles. The fraction of sp³-hybridized carbons (Fsp3) is 0.400. The summed E-state index contributed by atoms with van der Waals surface area (Å²) in [5, 5.41) is 9.88. The van der Waals surface area contributed by atoms with Crippen LogP contribution in [0, 0.1) is 0 Å². The van der Waals surface area contributed by atoms with Crippen LogP contribution in [0.5, 0.6) is 0 Å². The lowest BCUT2D eigenvalue weighted by Crippen LogP contribution is -2.38. The van der Waals surface area contributed by atoms with Gasteiger partial charge in [0.1, 0.15) is 0 Å². The molecule has 0 aromatic carbocycles. The number of likely N-dealkylation sites (tertiary alicyclic amines) is 1. The van der Waals surface area contributed by atoms with Gasteiger partial charge in [-0.25, -0.2) is 9.67 Å². The van der Waals surface area contributed by atoms with Crippen LogP contribution < -0.4 is 5.32 Å². The zero-order valence-electron chi connectivity index (χ0n) is 16.0. The van der Waals surface area contributed by atoms with Crippen molar-refractivity contribution >= 4 is 34.2 Å². The maximum atomic E-state index is 12.9. The molecule has 2 amide bonds. The van der Waals surface area contributed by atoms with Crippen molar-refractivity contribution in [3.8, 4) is 10.6 Å². The van der Waals surface area contributed by atoms with Crippen molar-refractivity contribution in [2.24, 2.45) is 0 Å². The summed E-state index contributed by atoms with van der Waals surface area (Å²) < 4.78 is 1.82. The number of nitrogens with zero attached hydrogens (tertiary/aromatic N) is 4. The predicted octanol–water partition coefficient (Wildman–Crippen LogP) is 3.09. The number of pyridine rings is 1. The molecule has 1 N–H and O–H groups in total. The molecule has 3 aromatic heterocycles. The minimum Gasteiger partial charge on any atom is -0.343 e. The van der Waals surface area contributed by atoms with Gasteiger partial charge in [0.2, 0.25) is 5.91 Å². The molecule has 0 radical (unpaired) electrons. The maximum Gasteiger partial charge on any atom is 0.252 e. The van der Waals surface area contributed by atoms with E-state index in [1.807, 2.05) is 36.0 Å². The molecule has 4 heterocycles. The van der Waals surface area contributed by atoms with Crippen molar-refractivity contribution < 1.29 is 9.59 Å². The highest BCUT2D eigenvalue weighted by atomic mass is 32.1. The Kier molecular flexibility index (Phi) is 5.13. The van der Waals surface area contributed by atoms with Crippen LogP contribution >= 0.6 is 11.3 Å². The number of carbonyl (C=O) groups excluding carboxylic acids is 2. The van der Waals surface area contributed by atoms with Crippen LogP contribution in [0.3, 0.4) is 0 Å². The highest BCUT2D eigenvalue weighted by Crippen LogP contribution is 2.28. The van der Waals surface area contributed by atoms with Crippen LogP contribution in [-0.4, -0.2) is 51.1 Å². The summed E-state index contributed by atoms with van der Waals surface area (Å²) in [5.74, 6) is -0.312. The van der Waals surface area contributed by atoms with Crippen molar-refractivity contribution in [2.75, 3.05) is 19.6 Å². The summed E-state index contributed by atoms with van der Waals surface area (Å²) in [6.07, 6.45) is 3.74. The van der Waals surface area contributed by atoms with E-state index in [-0.39, 0.29) is 24.4 Å². The standard InChI is InChI=1S/C20H23N5O2S/c1-13(2)25-19-15(11-22-25)14(10-16(23-19)17-6-5-9-28-17)20(27)21-12-18(26)24-7-3-4-8-24/h5-6,9-11,13H,3-4,7-8,12H2,1-2H3,(H,21,27). The number of aromatic nitrogens is 3. The monoisotopic (exact) mass is 397 g/mol. The third-order valence-corrected chi connectivity index (χ3v) is 5.83. The SMILES string of the molecule is CC(C)n1ncc2c(C(=O)NCC(=O)N3CCCC3)cc(-c3cccs3)nc21. The van der Waals surface area contributed by atoms with Gasteiger partial charge in [0.25, 0.3) is 5.91 Å². The molecular formula is C20H23N5O2S. The number of amides is 2. The second-order valence-electron chi connectivity index (χ2n) is 7.22. The lowest BCUT2D eigenvalue weighted by molar-refractivity contribution is -0.129. The number of fused-ring (bicyclic) bond motifs is 1. The molecule has 0 atom stereocenters. The third-order valence-electron chi connectivity index (χ3n) is 4.93. The molecule has 28 heavy (non-hydrogen) atoms. The summed E-state index contributed by atoms with van der Waals surface area (Å²) in [6, 6.07) is 5.85. The van der Waals surface area contributed by atoms with Gasteiger partial charge in [0.15, 0.2) is 5.65 Å². The average Bonchev–Trinajstić information content (AvgIpc) is 3.45. The zero-order valence-corrected chi connectivity index (χ0v) is 16.8. The van der Waals surface area contributed by atoms with E-state index in [0.717, 1.165) is 36.5 Å². The Morgan fingerprint density at radius 2 is 2.07 bits per heavy atom. The van der Waals surface area contributed by atoms with Gasteiger partial charge in [0.05, 0.1) is 34.3 Å². The molecule has 146 valence electrons. The van der Waals surface area contributed by atoms with Gasteiger partial charge in [0, 0.05) is 19.1 Å². The highest BCUT2D eigenvalue weighted by Gasteiger charge is 2.21. The van der Waals surface area contributed by atoms with Gasteiger partial charge >= 0.3 is 0 Å². The molecule has 0 saturated carbocycles. The molecule has 4 rings (SSSR count). The van der Waals surface area contributed by atoms with E-state index in [1.165, 1.54) is 0 Å². The number of hydrogen-bond acceptors (Lipinski definition) is 5. The Hall–Kier alpha value is -2.74. The van der Waals surface area contributed by atoms with Crippen molar-refractivity contribution in [2.45, 2.75) is 32.7 Å². The second-order valence-corrected chi connectivity index (χ2v) is 8.17. The van der Waals surface area contributed by atoms with Gasteiger partial charge < -0.3 is 10.2 Å². The van der Waals surface area contributed by atoms with E-state index in [4.69, 9.17) is 4.98 Å². The molecule has 7 nitrogen and oxygen atoms in total. The van der Waals surface area contributed by atoms with Crippen LogP contribution in [0.1, 0.15) is 43.1 Å². The maximum absolute atomic E-state index is 12.9. The largest absolute Gasteiger partial charge is 0.343 e. The van der Waals surface area contributed by atoms with E-state index in [9.17, 15) is 9.59 Å². The van der Waals surface area contributed by atoms with E-state index < -0.39 is 0 Å². The summed E-state index contributed by atoms with van der Waals surface area (Å²) in [7, 11) is 0. The van der Waals surface area contributed by atoms with E-state index >= 15 is 0 Å². The quantitative estimate of drug-likeness (QED) is 0.717. The molecule has 1 fully saturated rings. The van der Waals surface area contributed by atoms with Crippen LogP contribution in [0.15, 0.2) is 29.8 Å². The minimum atomic E-state index is -0.277. The summed E-state index contributed by atoms with van der Waals surface area (Å²) in [5.41, 5.74) is 1.91. The van der Waals surface area contributed by atoms with Crippen LogP contribution in [0.4, 0.5) is 0 Å². The number of rotatable bonds is 5. The fourth-order valence-corrected chi connectivity index (χ4v) is 4.15. The Morgan fingerprint density at radius 3 is 2.75 bits per heavy atom.